The van der Waals surface area contributed by atoms with Crippen LogP contribution in [0.5, 0.6) is 0 Å². The quantitative estimate of drug-likeness (QED) is 0.643. The van der Waals surface area contributed by atoms with Gasteiger partial charge >= 0.3 is 6.18 Å². The number of rotatable bonds is 6. The third-order valence-electron chi connectivity index (χ3n) is 5.45. The van der Waals surface area contributed by atoms with Gasteiger partial charge in [-0.2, -0.15) is 13.2 Å². The van der Waals surface area contributed by atoms with Crippen LogP contribution in [0.25, 0.3) is 0 Å². The molecule has 0 spiro atoms. The molecule has 1 aliphatic heterocycles. The van der Waals surface area contributed by atoms with Crippen molar-refractivity contribution in [3.8, 4) is 11.8 Å². The summed E-state index contributed by atoms with van der Waals surface area (Å²) < 4.78 is 57.3. The summed E-state index contributed by atoms with van der Waals surface area (Å²) in [6.07, 6.45) is 0.165. The van der Waals surface area contributed by atoms with Gasteiger partial charge in [-0.3, -0.25) is 0 Å². The van der Waals surface area contributed by atoms with Gasteiger partial charge in [-0.15, -0.1) is 0 Å². The predicted octanol–water partition coefficient (Wildman–Crippen LogP) is 4.04. The molecule has 0 atom stereocenters. The van der Waals surface area contributed by atoms with Gasteiger partial charge in [-0.25, -0.2) is 4.98 Å². The van der Waals surface area contributed by atoms with Crippen LogP contribution in [0.4, 0.5) is 18.9 Å². The number of hydrogen-bond donors (Lipinski definition) is 0. The van der Waals surface area contributed by atoms with Gasteiger partial charge in [-0.05, 0) is 51.5 Å². The fraction of sp³-hybridized carbons (Fsp3) is 0.682. The number of aromatic nitrogens is 1. The zero-order valence-corrected chi connectivity index (χ0v) is 17.7. The molecular formula is C22H29F3N2O3. The lowest BCUT2D eigenvalue weighted by atomic mass is 9.91. The Morgan fingerprint density at radius 3 is 2.47 bits per heavy atom. The Kier molecular flexibility index (Phi) is 7.61. The summed E-state index contributed by atoms with van der Waals surface area (Å²) in [6, 6.07) is 1.43. The molecule has 8 heteroatoms. The second-order valence-electron chi connectivity index (χ2n) is 8.02. The molecule has 2 heterocycles. The van der Waals surface area contributed by atoms with E-state index in [9.17, 15) is 13.2 Å². The number of hydrogen-bond acceptors (Lipinski definition) is 5. The minimum atomic E-state index is -4.47. The van der Waals surface area contributed by atoms with Gasteiger partial charge < -0.3 is 19.1 Å². The molecule has 0 N–H and O–H groups in total. The lowest BCUT2D eigenvalue weighted by Crippen LogP contribution is -2.43. The van der Waals surface area contributed by atoms with Crippen molar-refractivity contribution in [2.24, 2.45) is 0 Å². The van der Waals surface area contributed by atoms with E-state index in [4.69, 9.17) is 14.2 Å². The van der Waals surface area contributed by atoms with E-state index < -0.39 is 11.7 Å². The molecule has 1 saturated carbocycles. The number of ether oxygens (including phenoxy) is 3. The van der Waals surface area contributed by atoms with Gasteiger partial charge in [0.25, 0.3) is 0 Å². The second-order valence-corrected chi connectivity index (χ2v) is 8.02. The molecule has 0 aromatic carbocycles. The van der Waals surface area contributed by atoms with Gasteiger partial charge in [0.05, 0.1) is 35.7 Å². The summed E-state index contributed by atoms with van der Waals surface area (Å²) >= 11 is 0. The van der Waals surface area contributed by atoms with Gasteiger partial charge in [0.2, 0.25) is 0 Å². The molecule has 0 amide bonds. The number of nitrogens with zero attached hydrogens (tertiary/aromatic N) is 2. The normalized spacial score (nSPS) is 22.6. The first kappa shape index (κ1) is 22.9. The molecule has 3 rings (SSSR count). The van der Waals surface area contributed by atoms with E-state index in [1.807, 2.05) is 13.8 Å². The smallest absolute Gasteiger partial charge is 0.381 e. The molecule has 1 saturated heterocycles. The van der Waals surface area contributed by atoms with Gasteiger partial charge in [-0.1, -0.05) is 5.92 Å². The Labute approximate surface area is 175 Å². The number of piperidine rings is 1. The zero-order valence-electron chi connectivity index (χ0n) is 17.7. The minimum Gasteiger partial charge on any atom is -0.381 e. The fourth-order valence-corrected chi connectivity index (χ4v) is 3.65. The first-order chi connectivity index (χ1) is 14.3. The van der Waals surface area contributed by atoms with Crippen LogP contribution in [0.15, 0.2) is 12.3 Å². The van der Waals surface area contributed by atoms with E-state index in [-0.39, 0.29) is 36.7 Å². The van der Waals surface area contributed by atoms with E-state index in [0.717, 1.165) is 19.0 Å². The first-order valence-corrected chi connectivity index (χ1v) is 10.4. The van der Waals surface area contributed by atoms with E-state index in [0.29, 0.717) is 31.6 Å². The zero-order chi connectivity index (χ0) is 21.7. The number of alkyl halides is 3. The highest BCUT2D eigenvalue weighted by molar-refractivity contribution is 5.57. The van der Waals surface area contributed by atoms with Crippen LogP contribution in [-0.4, -0.2) is 56.2 Å². The summed E-state index contributed by atoms with van der Waals surface area (Å²) in [7, 11) is 1.70. The summed E-state index contributed by atoms with van der Waals surface area (Å²) in [6.45, 7) is 5.00. The van der Waals surface area contributed by atoms with E-state index in [1.165, 1.54) is 6.07 Å². The highest BCUT2D eigenvalue weighted by Crippen LogP contribution is 2.38. The molecule has 0 unspecified atom stereocenters. The molecule has 0 radical (unpaired) electrons. The average Bonchev–Trinajstić information content (AvgIpc) is 2.67. The van der Waals surface area contributed by atoms with Crippen LogP contribution in [0.2, 0.25) is 0 Å². The maximum absolute atomic E-state index is 13.5. The third-order valence-corrected chi connectivity index (χ3v) is 5.45. The Bertz CT molecular complexity index is 759. The highest BCUT2D eigenvalue weighted by atomic mass is 19.4. The predicted molar refractivity (Wildman–Crippen MR) is 107 cm³/mol. The van der Waals surface area contributed by atoms with Gasteiger partial charge in [0.15, 0.2) is 0 Å². The van der Waals surface area contributed by atoms with Crippen LogP contribution < -0.4 is 4.90 Å². The SMILES string of the molecule is COC1CC(OC2CCN(c3cc(C#CCOC(C)C)ncc3C(F)(F)F)CC2)C1. The van der Waals surface area contributed by atoms with Crippen molar-refractivity contribution in [2.45, 2.75) is 70.1 Å². The Morgan fingerprint density at radius 1 is 1.17 bits per heavy atom. The maximum Gasteiger partial charge on any atom is 0.419 e. The van der Waals surface area contributed by atoms with E-state index in [2.05, 4.69) is 16.8 Å². The Balaban J connectivity index is 1.65. The van der Waals surface area contributed by atoms with Gasteiger partial charge in [0.1, 0.15) is 12.3 Å². The van der Waals surface area contributed by atoms with Crippen LogP contribution in [0.1, 0.15) is 50.8 Å². The molecule has 1 aromatic heterocycles. The maximum atomic E-state index is 13.5. The molecule has 30 heavy (non-hydrogen) atoms. The summed E-state index contributed by atoms with van der Waals surface area (Å²) in [5.41, 5.74) is -0.287. The lowest BCUT2D eigenvalue weighted by molar-refractivity contribution is -0.137. The van der Waals surface area contributed by atoms with Crippen molar-refractivity contribution in [3.63, 3.8) is 0 Å². The molecule has 166 valence electrons. The monoisotopic (exact) mass is 426 g/mol. The minimum absolute atomic E-state index is 0.0410. The second kappa shape index (κ2) is 9.99. The number of pyridine rings is 1. The van der Waals surface area contributed by atoms with Crippen LogP contribution in [0, 0.1) is 11.8 Å². The topological polar surface area (TPSA) is 43.8 Å². The average molecular weight is 426 g/mol. The lowest BCUT2D eigenvalue weighted by Gasteiger charge is -2.40. The third kappa shape index (κ3) is 6.10. The standard InChI is InChI=1S/C22H29F3N2O3/c1-15(2)29-10-4-5-16-11-21(20(14-26-16)22(23,24)25)27-8-6-17(7-9-27)30-19-12-18(13-19)28-3/h11,14-15,17-19H,6-10,12-13H2,1-3H3. The summed E-state index contributed by atoms with van der Waals surface area (Å²) in [4.78, 5) is 5.66. The number of anilines is 1. The van der Waals surface area contributed by atoms with Crippen LogP contribution >= 0.6 is 0 Å². The highest BCUT2D eigenvalue weighted by Gasteiger charge is 2.37. The molecule has 2 fully saturated rings. The summed E-state index contributed by atoms with van der Waals surface area (Å²) in [5.74, 6) is 5.61. The van der Waals surface area contributed by atoms with Crippen molar-refractivity contribution in [2.75, 3.05) is 31.7 Å². The molecule has 0 bridgehead atoms. The van der Waals surface area contributed by atoms with Crippen LogP contribution in [-0.2, 0) is 20.4 Å². The van der Waals surface area contributed by atoms with Gasteiger partial charge in [0, 0.05) is 26.4 Å². The van der Waals surface area contributed by atoms with Crippen molar-refractivity contribution in [1.82, 2.24) is 4.98 Å². The Morgan fingerprint density at radius 2 is 1.87 bits per heavy atom. The molecule has 5 nitrogen and oxygen atoms in total. The number of halogens is 3. The molecule has 2 aliphatic rings. The summed E-state index contributed by atoms with van der Waals surface area (Å²) in [5, 5.41) is 0. The first-order valence-electron chi connectivity index (χ1n) is 10.4. The molecular weight excluding hydrogens is 397 g/mol. The largest absolute Gasteiger partial charge is 0.419 e. The van der Waals surface area contributed by atoms with Crippen molar-refractivity contribution in [1.29, 1.82) is 0 Å². The van der Waals surface area contributed by atoms with Crippen molar-refractivity contribution >= 4 is 5.69 Å². The van der Waals surface area contributed by atoms with Crippen LogP contribution in [0.3, 0.4) is 0 Å². The number of methoxy groups -OCH3 is 1. The molecule has 1 aliphatic carbocycles. The fourth-order valence-electron chi connectivity index (χ4n) is 3.65. The van der Waals surface area contributed by atoms with E-state index in [1.54, 1.807) is 12.0 Å². The van der Waals surface area contributed by atoms with Crippen molar-refractivity contribution in [3.05, 3.63) is 23.5 Å². The molecule has 1 aromatic rings. The van der Waals surface area contributed by atoms with Crippen molar-refractivity contribution < 1.29 is 27.4 Å². The van der Waals surface area contributed by atoms with E-state index >= 15 is 0 Å². The Hall–Kier alpha value is -1.82.